The Kier molecular flexibility index (Phi) is 58.6. The first-order valence-electron chi connectivity index (χ1n) is 23.8. The molecule has 0 aromatic carbocycles. The van der Waals surface area contributed by atoms with Crippen molar-refractivity contribution in [1.29, 1.82) is 0 Å². The van der Waals surface area contributed by atoms with E-state index in [4.69, 9.17) is 86.0 Å². The lowest BCUT2D eigenvalue weighted by Crippen LogP contribution is -2.15. The normalized spacial score (nSPS) is 13.5. The fraction of sp³-hybridized carbons (Fsp3) is 1.00. The van der Waals surface area contributed by atoms with E-state index in [-0.39, 0.29) is 13.2 Å². The maximum absolute atomic E-state index is 8.57. The van der Waals surface area contributed by atoms with Crippen LogP contribution in [0.25, 0.3) is 0 Å². The Morgan fingerprint density at radius 2 is 0.492 bits per heavy atom. The van der Waals surface area contributed by atoms with Crippen molar-refractivity contribution < 1.29 is 86.0 Å². The van der Waals surface area contributed by atoms with Crippen LogP contribution in [0.15, 0.2) is 0 Å². The summed E-state index contributed by atoms with van der Waals surface area (Å²) in [5, 5.41) is 17.1. The molecular weight excluding hydrogens is 828 g/mol. The van der Waals surface area contributed by atoms with Gasteiger partial charge < -0.3 is 86.0 Å². The second-order valence-electron chi connectivity index (χ2n) is 14.2. The summed E-state index contributed by atoms with van der Waals surface area (Å²) < 4.78 is 85.8. The Bertz CT molecular complexity index is 745. The number of aliphatic hydroxyl groups is 2. The Morgan fingerprint density at radius 3 is 0.698 bits per heavy atom. The predicted octanol–water partition coefficient (Wildman–Crippen LogP) is 3.53. The van der Waals surface area contributed by atoms with E-state index in [2.05, 4.69) is 6.92 Å². The Morgan fingerprint density at radius 1 is 0.286 bits per heavy atom. The smallest absolute Gasteiger partial charge is 0.104 e. The highest BCUT2D eigenvalue weighted by atomic mass is 16.6. The molecule has 380 valence electrons. The summed E-state index contributed by atoms with van der Waals surface area (Å²) in [5.41, 5.74) is 0. The molecule has 0 aliphatic carbocycles. The summed E-state index contributed by atoms with van der Waals surface area (Å²) in [6.07, 6.45) is 14.3. The van der Waals surface area contributed by atoms with E-state index < -0.39 is 0 Å². The van der Waals surface area contributed by atoms with Gasteiger partial charge in [0.25, 0.3) is 0 Å². The van der Waals surface area contributed by atoms with Crippen molar-refractivity contribution in [3.05, 3.63) is 0 Å². The van der Waals surface area contributed by atoms with E-state index in [1.54, 1.807) is 0 Å². The van der Waals surface area contributed by atoms with E-state index >= 15 is 0 Å². The molecule has 18 nitrogen and oxygen atoms in total. The van der Waals surface area contributed by atoms with Gasteiger partial charge in [0.1, 0.15) is 6.10 Å². The SMILES string of the molecule is CCCCCCCCCCCCOCC1CO1.OCCOCCOCCOCCOCCOCCOCCOCCOCCOCCOCCOCCOCCOCCOCCO. The first kappa shape index (κ1) is 62.3. The molecule has 0 amide bonds. The zero-order valence-corrected chi connectivity index (χ0v) is 39.4. The molecule has 0 aromatic rings. The third-order valence-corrected chi connectivity index (χ3v) is 8.66. The fourth-order valence-corrected chi connectivity index (χ4v) is 5.16. The van der Waals surface area contributed by atoms with Crippen molar-refractivity contribution in [2.45, 2.75) is 77.2 Å². The zero-order valence-electron chi connectivity index (χ0n) is 39.4. The molecule has 2 N–H and O–H groups in total. The minimum absolute atomic E-state index is 0.0226. The molecule has 18 heteroatoms. The van der Waals surface area contributed by atoms with Gasteiger partial charge in [0.05, 0.1) is 211 Å². The fourth-order valence-electron chi connectivity index (χ4n) is 5.16. The molecule has 0 radical (unpaired) electrons. The van der Waals surface area contributed by atoms with Crippen LogP contribution in [-0.2, 0) is 75.8 Å². The lowest BCUT2D eigenvalue weighted by atomic mass is 10.1. The largest absolute Gasteiger partial charge is 0.394 e. The van der Waals surface area contributed by atoms with Crippen molar-refractivity contribution in [2.75, 3.05) is 218 Å². The van der Waals surface area contributed by atoms with E-state index in [0.717, 1.165) is 19.8 Å². The number of hydrogen-bond acceptors (Lipinski definition) is 18. The van der Waals surface area contributed by atoms with E-state index in [1.165, 1.54) is 64.2 Å². The topological polar surface area (TPSA) is 191 Å². The van der Waals surface area contributed by atoms with Crippen LogP contribution >= 0.6 is 0 Å². The minimum Gasteiger partial charge on any atom is -0.394 e. The Labute approximate surface area is 380 Å². The molecule has 1 unspecified atom stereocenters. The molecule has 63 heavy (non-hydrogen) atoms. The molecule has 1 heterocycles. The standard InChI is InChI=1S/C30H62O16.C15H30O2/c31-1-3-33-5-7-35-9-11-37-13-15-39-17-19-41-21-23-43-25-27-45-29-30-46-28-26-44-24-22-42-20-18-40-16-14-38-12-10-36-8-6-34-4-2-32;1-2-3-4-5-6-7-8-9-10-11-12-16-13-15-14-17-15/h31-32H,1-30H2;15H,2-14H2,1H3. The highest BCUT2D eigenvalue weighted by Crippen LogP contribution is 2.12. The van der Waals surface area contributed by atoms with Crippen molar-refractivity contribution in [3.8, 4) is 0 Å². The number of rotatable bonds is 56. The van der Waals surface area contributed by atoms with Crippen LogP contribution in [0.4, 0.5) is 0 Å². The van der Waals surface area contributed by atoms with Gasteiger partial charge in [-0.1, -0.05) is 64.7 Å². The van der Waals surface area contributed by atoms with E-state index in [1.807, 2.05) is 0 Å². The second-order valence-corrected chi connectivity index (χ2v) is 14.2. The van der Waals surface area contributed by atoms with E-state index in [9.17, 15) is 0 Å². The molecule has 1 saturated heterocycles. The highest BCUT2D eigenvalue weighted by molar-refractivity contribution is 4.67. The minimum atomic E-state index is 0.0226. The van der Waals surface area contributed by atoms with Crippen molar-refractivity contribution >= 4 is 0 Å². The average Bonchev–Trinajstić information content (AvgIpc) is 4.13. The Balaban J connectivity index is 0.00000187. The zero-order chi connectivity index (χ0) is 45.3. The van der Waals surface area contributed by atoms with E-state index in [0.29, 0.717) is 191 Å². The second kappa shape index (κ2) is 59.3. The summed E-state index contributed by atoms with van der Waals surface area (Å²) in [5.74, 6) is 0. The summed E-state index contributed by atoms with van der Waals surface area (Å²) in [4.78, 5) is 0. The van der Waals surface area contributed by atoms with Crippen molar-refractivity contribution in [1.82, 2.24) is 0 Å². The van der Waals surface area contributed by atoms with Crippen molar-refractivity contribution in [3.63, 3.8) is 0 Å². The third kappa shape index (κ3) is 61.3. The van der Waals surface area contributed by atoms with Crippen molar-refractivity contribution in [2.24, 2.45) is 0 Å². The third-order valence-electron chi connectivity index (χ3n) is 8.66. The number of hydrogen-bond donors (Lipinski definition) is 2. The van der Waals surface area contributed by atoms with Crippen LogP contribution in [0.5, 0.6) is 0 Å². The maximum Gasteiger partial charge on any atom is 0.104 e. The van der Waals surface area contributed by atoms with Gasteiger partial charge in [0.15, 0.2) is 0 Å². The summed E-state index contributed by atoms with van der Waals surface area (Å²) >= 11 is 0. The average molecular weight is 921 g/mol. The van der Waals surface area contributed by atoms with Gasteiger partial charge in [-0.3, -0.25) is 0 Å². The lowest BCUT2D eigenvalue weighted by Gasteiger charge is -2.09. The highest BCUT2D eigenvalue weighted by Gasteiger charge is 2.21. The van der Waals surface area contributed by atoms with Gasteiger partial charge in [0.2, 0.25) is 0 Å². The summed E-state index contributed by atoms with van der Waals surface area (Å²) in [7, 11) is 0. The van der Waals surface area contributed by atoms with Crippen LogP contribution in [0.1, 0.15) is 71.1 Å². The molecule has 1 rings (SSSR count). The van der Waals surface area contributed by atoms with Gasteiger partial charge in [-0.2, -0.15) is 0 Å². The number of aliphatic hydroxyl groups excluding tert-OH is 2. The Hall–Kier alpha value is -0.720. The van der Waals surface area contributed by atoms with Crippen LogP contribution < -0.4 is 0 Å². The molecule has 0 bridgehead atoms. The van der Waals surface area contributed by atoms with Gasteiger partial charge in [-0.25, -0.2) is 0 Å². The van der Waals surface area contributed by atoms with Gasteiger partial charge in [0, 0.05) is 6.61 Å². The first-order valence-corrected chi connectivity index (χ1v) is 23.8. The van der Waals surface area contributed by atoms with Crippen LogP contribution in [0.3, 0.4) is 0 Å². The number of ether oxygens (including phenoxy) is 16. The van der Waals surface area contributed by atoms with Gasteiger partial charge in [-0.05, 0) is 6.42 Å². The van der Waals surface area contributed by atoms with Crippen LogP contribution in [0.2, 0.25) is 0 Å². The number of unbranched alkanes of at least 4 members (excludes halogenated alkanes) is 9. The quantitative estimate of drug-likeness (QED) is 0.0665. The van der Waals surface area contributed by atoms with Crippen LogP contribution in [-0.4, -0.2) is 234 Å². The molecule has 0 aromatic heterocycles. The number of epoxide rings is 1. The molecular formula is C45H92O18. The van der Waals surface area contributed by atoms with Gasteiger partial charge in [-0.15, -0.1) is 0 Å². The summed E-state index contributed by atoms with van der Waals surface area (Å²) in [6.45, 7) is 18.5. The maximum atomic E-state index is 8.57. The summed E-state index contributed by atoms with van der Waals surface area (Å²) in [6, 6.07) is 0. The molecule has 0 spiro atoms. The molecule has 1 fully saturated rings. The monoisotopic (exact) mass is 921 g/mol. The molecule has 0 saturated carbocycles. The predicted molar refractivity (Wildman–Crippen MR) is 238 cm³/mol. The molecule has 1 atom stereocenters. The molecule has 1 aliphatic rings. The first-order chi connectivity index (χ1) is 31.3. The molecule has 1 aliphatic heterocycles. The van der Waals surface area contributed by atoms with Crippen LogP contribution in [0, 0.1) is 0 Å². The lowest BCUT2D eigenvalue weighted by molar-refractivity contribution is -0.0299. The van der Waals surface area contributed by atoms with Gasteiger partial charge >= 0.3 is 0 Å².